The number of rotatable bonds is 5. The summed E-state index contributed by atoms with van der Waals surface area (Å²) in [4.78, 5) is 37.0. The number of halogens is 2. The fraction of sp³-hybridized carbons (Fsp3) is 0.167. The van der Waals surface area contributed by atoms with Crippen molar-refractivity contribution in [2.45, 2.75) is 13.8 Å². The first-order valence-electron chi connectivity index (χ1n) is 7.42. The average molecular weight is 379 g/mol. The molecule has 0 radical (unpaired) electrons. The van der Waals surface area contributed by atoms with Crippen LogP contribution in [0.4, 0.5) is 11.4 Å². The van der Waals surface area contributed by atoms with Crippen molar-refractivity contribution in [3.63, 3.8) is 0 Å². The number of hydrogen-bond donors (Lipinski definition) is 1. The Labute approximate surface area is 155 Å². The monoisotopic (exact) mass is 378 g/mol. The van der Waals surface area contributed by atoms with Crippen molar-refractivity contribution in [3.8, 4) is 0 Å². The fourth-order valence-electron chi connectivity index (χ4n) is 2.21. The van der Waals surface area contributed by atoms with Crippen LogP contribution in [0, 0.1) is 0 Å². The minimum absolute atomic E-state index is 0.125. The van der Waals surface area contributed by atoms with E-state index in [-0.39, 0.29) is 23.3 Å². The fourth-order valence-corrected chi connectivity index (χ4v) is 2.56. The molecule has 0 aliphatic rings. The average Bonchev–Trinajstić information content (AvgIpc) is 2.56. The lowest BCUT2D eigenvalue weighted by Gasteiger charge is -2.21. The zero-order valence-corrected chi connectivity index (χ0v) is 15.2. The van der Waals surface area contributed by atoms with Gasteiger partial charge in [0.2, 0.25) is 11.8 Å². The van der Waals surface area contributed by atoms with Crippen molar-refractivity contribution in [1.29, 1.82) is 0 Å². The second kappa shape index (κ2) is 8.14. The summed E-state index contributed by atoms with van der Waals surface area (Å²) < 4.78 is 0. The van der Waals surface area contributed by atoms with Crippen LogP contribution in [-0.4, -0.2) is 24.1 Å². The maximum Gasteiger partial charge on any atom is 0.244 e. The van der Waals surface area contributed by atoms with Crippen molar-refractivity contribution < 1.29 is 14.4 Å². The molecule has 0 spiro atoms. The minimum Gasteiger partial charge on any atom is -0.323 e. The highest BCUT2D eigenvalue weighted by atomic mass is 35.5. The topological polar surface area (TPSA) is 66.5 Å². The van der Waals surface area contributed by atoms with E-state index in [1.54, 1.807) is 42.5 Å². The Morgan fingerprint density at radius 1 is 1.04 bits per heavy atom. The zero-order valence-electron chi connectivity index (χ0n) is 13.7. The molecule has 2 aromatic carbocycles. The number of amides is 2. The molecule has 0 aliphatic carbocycles. The van der Waals surface area contributed by atoms with E-state index in [9.17, 15) is 14.4 Å². The molecule has 0 aliphatic heterocycles. The van der Waals surface area contributed by atoms with Crippen molar-refractivity contribution in [1.82, 2.24) is 0 Å². The molecular weight excluding hydrogens is 363 g/mol. The SMILES string of the molecule is CC(=O)c1cccc(N(CC(=O)Nc2cccc(Cl)c2Cl)C(C)=O)c1. The van der Waals surface area contributed by atoms with E-state index in [2.05, 4.69) is 5.32 Å². The molecule has 0 unspecified atom stereocenters. The van der Waals surface area contributed by atoms with Crippen LogP contribution in [0.5, 0.6) is 0 Å². The van der Waals surface area contributed by atoms with Gasteiger partial charge in [0, 0.05) is 18.2 Å². The number of nitrogens with zero attached hydrogens (tertiary/aromatic N) is 1. The van der Waals surface area contributed by atoms with Crippen LogP contribution in [0.2, 0.25) is 10.0 Å². The highest BCUT2D eigenvalue weighted by Crippen LogP contribution is 2.29. The van der Waals surface area contributed by atoms with Gasteiger partial charge in [-0.25, -0.2) is 0 Å². The molecule has 0 heterocycles. The Kier molecular flexibility index (Phi) is 6.17. The van der Waals surface area contributed by atoms with Gasteiger partial charge in [0.15, 0.2) is 5.78 Å². The lowest BCUT2D eigenvalue weighted by Crippen LogP contribution is -2.36. The Hall–Kier alpha value is -2.37. The van der Waals surface area contributed by atoms with E-state index in [4.69, 9.17) is 23.2 Å². The molecule has 130 valence electrons. The van der Waals surface area contributed by atoms with Crippen molar-refractivity contribution >= 4 is 52.2 Å². The number of carbonyl (C=O) groups is 3. The van der Waals surface area contributed by atoms with Crippen LogP contribution >= 0.6 is 23.2 Å². The Balaban J connectivity index is 2.20. The van der Waals surface area contributed by atoms with E-state index >= 15 is 0 Å². The Morgan fingerprint density at radius 3 is 2.36 bits per heavy atom. The predicted molar refractivity (Wildman–Crippen MR) is 99.6 cm³/mol. The molecular formula is C18H16Cl2N2O3. The van der Waals surface area contributed by atoms with Crippen LogP contribution in [-0.2, 0) is 9.59 Å². The van der Waals surface area contributed by atoms with Crippen molar-refractivity contribution in [2.24, 2.45) is 0 Å². The maximum atomic E-state index is 12.3. The Morgan fingerprint density at radius 2 is 1.72 bits per heavy atom. The highest BCUT2D eigenvalue weighted by molar-refractivity contribution is 6.44. The summed E-state index contributed by atoms with van der Waals surface area (Å²) in [6.07, 6.45) is 0. The second-order valence-electron chi connectivity index (χ2n) is 5.36. The number of hydrogen-bond acceptors (Lipinski definition) is 3. The van der Waals surface area contributed by atoms with Gasteiger partial charge in [0.05, 0.1) is 15.7 Å². The van der Waals surface area contributed by atoms with Crippen LogP contribution < -0.4 is 10.2 Å². The van der Waals surface area contributed by atoms with Crippen molar-refractivity contribution in [3.05, 3.63) is 58.1 Å². The Bertz CT molecular complexity index is 837. The van der Waals surface area contributed by atoms with Gasteiger partial charge in [-0.2, -0.15) is 0 Å². The molecule has 1 N–H and O–H groups in total. The predicted octanol–water partition coefficient (Wildman–Crippen LogP) is 4.19. The molecule has 2 amide bonds. The van der Waals surface area contributed by atoms with E-state index in [1.807, 2.05) is 0 Å². The third-order valence-electron chi connectivity index (χ3n) is 3.47. The number of carbonyl (C=O) groups excluding carboxylic acids is 3. The smallest absolute Gasteiger partial charge is 0.244 e. The summed E-state index contributed by atoms with van der Waals surface area (Å²) in [5.41, 5.74) is 1.29. The van der Waals surface area contributed by atoms with Gasteiger partial charge in [0.1, 0.15) is 6.54 Å². The van der Waals surface area contributed by atoms with Gasteiger partial charge in [-0.05, 0) is 31.2 Å². The van der Waals surface area contributed by atoms with E-state index in [0.717, 1.165) is 0 Å². The molecule has 0 atom stereocenters. The van der Waals surface area contributed by atoms with Crippen LogP contribution in [0.1, 0.15) is 24.2 Å². The van der Waals surface area contributed by atoms with Crippen LogP contribution in [0.25, 0.3) is 0 Å². The van der Waals surface area contributed by atoms with Gasteiger partial charge in [0.25, 0.3) is 0 Å². The summed E-state index contributed by atoms with van der Waals surface area (Å²) in [6, 6.07) is 11.4. The minimum atomic E-state index is -0.437. The standard InChI is InChI=1S/C18H16Cl2N2O3/c1-11(23)13-5-3-6-14(9-13)22(12(2)24)10-17(25)21-16-8-4-7-15(19)18(16)20/h3-9H,10H2,1-2H3,(H,21,25). The number of Topliss-reactive ketones (excluding diaryl/α,β-unsaturated/α-hetero) is 1. The molecule has 0 fully saturated rings. The van der Waals surface area contributed by atoms with Crippen LogP contribution in [0.3, 0.4) is 0 Å². The number of ketones is 1. The number of nitrogens with one attached hydrogen (secondary N) is 1. The lowest BCUT2D eigenvalue weighted by atomic mass is 10.1. The maximum absolute atomic E-state index is 12.3. The first kappa shape index (κ1) is 19.0. The third kappa shape index (κ3) is 4.81. The molecule has 0 saturated carbocycles. The number of benzene rings is 2. The van der Waals surface area contributed by atoms with E-state index < -0.39 is 5.91 Å². The highest BCUT2D eigenvalue weighted by Gasteiger charge is 2.18. The van der Waals surface area contributed by atoms with Gasteiger partial charge < -0.3 is 10.2 Å². The molecule has 2 aromatic rings. The molecule has 25 heavy (non-hydrogen) atoms. The zero-order chi connectivity index (χ0) is 18.6. The van der Waals surface area contributed by atoms with Gasteiger partial charge in [-0.15, -0.1) is 0 Å². The summed E-state index contributed by atoms with van der Waals surface area (Å²) in [5, 5.41) is 3.17. The summed E-state index contributed by atoms with van der Waals surface area (Å²) >= 11 is 12.0. The largest absolute Gasteiger partial charge is 0.323 e. The normalized spacial score (nSPS) is 10.2. The quantitative estimate of drug-likeness (QED) is 0.793. The van der Waals surface area contributed by atoms with Gasteiger partial charge in [-0.1, -0.05) is 41.4 Å². The molecule has 0 bridgehead atoms. The molecule has 7 heteroatoms. The number of anilines is 2. The van der Waals surface area contributed by atoms with E-state index in [0.29, 0.717) is 22.0 Å². The van der Waals surface area contributed by atoms with Gasteiger partial charge in [-0.3, -0.25) is 14.4 Å². The van der Waals surface area contributed by atoms with Gasteiger partial charge >= 0.3 is 0 Å². The lowest BCUT2D eigenvalue weighted by molar-refractivity contribution is -0.120. The third-order valence-corrected chi connectivity index (χ3v) is 4.29. The summed E-state index contributed by atoms with van der Waals surface area (Å²) in [6.45, 7) is 2.56. The first-order chi connectivity index (χ1) is 11.8. The second-order valence-corrected chi connectivity index (χ2v) is 6.15. The molecule has 2 rings (SSSR count). The molecule has 0 saturated heterocycles. The van der Waals surface area contributed by atoms with E-state index in [1.165, 1.54) is 18.7 Å². The first-order valence-corrected chi connectivity index (χ1v) is 8.18. The van der Waals surface area contributed by atoms with Crippen LogP contribution in [0.15, 0.2) is 42.5 Å². The summed E-state index contributed by atoms with van der Waals surface area (Å²) in [5.74, 6) is -0.888. The molecule has 0 aromatic heterocycles. The van der Waals surface area contributed by atoms with Crippen molar-refractivity contribution in [2.75, 3.05) is 16.8 Å². The summed E-state index contributed by atoms with van der Waals surface area (Å²) in [7, 11) is 0. The molecule has 5 nitrogen and oxygen atoms in total.